The zero-order valence-corrected chi connectivity index (χ0v) is 16.0. The quantitative estimate of drug-likeness (QED) is 0.841. The van der Waals surface area contributed by atoms with Crippen LogP contribution in [0.4, 0.5) is 5.69 Å². The van der Waals surface area contributed by atoms with E-state index in [1.54, 1.807) is 6.92 Å². The van der Waals surface area contributed by atoms with Crippen molar-refractivity contribution in [2.75, 3.05) is 5.32 Å². The summed E-state index contributed by atoms with van der Waals surface area (Å²) in [6.07, 6.45) is 6.75. The lowest BCUT2D eigenvalue weighted by Crippen LogP contribution is -2.25. The lowest BCUT2D eigenvalue weighted by atomic mass is 9.85. The van der Waals surface area contributed by atoms with Crippen molar-refractivity contribution in [2.24, 2.45) is 5.10 Å². The first-order chi connectivity index (χ1) is 13.6. The summed E-state index contributed by atoms with van der Waals surface area (Å²) in [7, 11) is 0. The van der Waals surface area contributed by atoms with Gasteiger partial charge in [0.25, 0.3) is 5.91 Å². The minimum atomic E-state index is -0.186. The largest absolute Gasteiger partial charge is 0.361 e. The molecule has 0 saturated heterocycles. The Hall–Kier alpha value is -2.96. The maximum absolute atomic E-state index is 12.9. The van der Waals surface area contributed by atoms with Gasteiger partial charge in [0, 0.05) is 24.4 Å². The van der Waals surface area contributed by atoms with Crippen LogP contribution in [0, 0.1) is 6.92 Å². The molecule has 2 N–H and O–H groups in total. The van der Waals surface area contributed by atoms with E-state index in [0.29, 0.717) is 35.8 Å². The van der Waals surface area contributed by atoms with Gasteiger partial charge >= 0.3 is 0 Å². The number of carbonyl (C=O) groups is 2. The number of carbonyl (C=O) groups excluding carboxylic acids is 2. The average molecular weight is 380 g/mol. The van der Waals surface area contributed by atoms with Crippen LogP contribution in [0.15, 0.2) is 33.9 Å². The molecule has 2 aliphatic rings. The molecule has 1 aliphatic heterocycles. The summed E-state index contributed by atoms with van der Waals surface area (Å²) < 4.78 is 5.35. The second-order valence-corrected chi connectivity index (χ2v) is 7.46. The van der Waals surface area contributed by atoms with Gasteiger partial charge in [-0.25, -0.2) is 5.43 Å². The van der Waals surface area contributed by atoms with E-state index in [9.17, 15) is 9.59 Å². The first kappa shape index (κ1) is 18.4. The Balaban J connectivity index is 1.48. The lowest BCUT2D eigenvalue weighted by Gasteiger charge is -2.20. The maximum Gasteiger partial charge on any atom is 0.261 e. The molecule has 0 unspecified atom stereocenters. The van der Waals surface area contributed by atoms with E-state index in [4.69, 9.17) is 4.52 Å². The fourth-order valence-corrected chi connectivity index (χ4v) is 3.94. The number of hydrogen-bond acceptors (Lipinski definition) is 5. The Labute approximate surface area is 163 Å². The molecule has 7 nitrogen and oxygen atoms in total. The normalized spacial score (nSPS) is 17.8. The van der Waals surface area contributed by atoms with Gasteiger partial charge in [-0.05, 0) is 37.5 Å². The molecular weight excluding hydrogens is 356 g/mol. The number of nitrogens with one attached hydrogen (secondary N) is 2. The average Bonchev–Trinajstić information content (AvgIpc) is 3.11. The minimum absolute atomic E-state index is 0.0644. The molecule has 1 aromatic carbocycles. The Morgan fingerprint density at radius 3 is 2.57 bits per heavy atom. The molecule has 0 atom stereocenters. The smallest absolute Gasteiger partial charge is 0.261 e. The highest BCUT2D eigenvalue weighted by Crippen LogP contribution is 2.35. The fourth-order valence-electron chi connectivity index (χ4n) is 3.94. The van der Waals surface area contributed by atoms with Crippen molar-refractivity contribution in [2.45, 2.75) is 57.8 Å². The molecule has 7 heteroatoms. The van der Waals surface area contributed by atoms with Crippen LogP contribution in [0.5, 0.6) is 0 Å². The molecule has 4 rings (SSSR count). The highest BCUT2D eigenvalue weighted by atomic mass is 16.5. The third kappa shape index (κ3) is 3.83. The lowest BCUT2D eigenvalue weighted by molar-refractivity contribution is -0.121. The van der Waals surface area contributed by atoms with Crippen LogP contribution in [0.1, 0.15) is 78.2 Å². The summed E-state index contributed by atoms with van der Waals surface area (Å²) >= 11 is 0. The topological polar surface area (TPSA) is 96.6 Å². The van der Waals surface area contributed by atoms with Crippen molar-refractivity contribution in [3.8, 4) is 0 Å². The first-order valence-electron chi connectivity index (χ1n) is 9.85. The standard InChI is InChI=1S/C21H24N4O3/c1-13-19(20(25-28-13)15-5-3-2-4-6-15)21(27)22-16-9-7-14(8-10-16)17-11-12-18(26)24-23-17/h7-10,15H,2-6,11-12H2,1H3,(H,22,27)(H,24,26). The summed E-state index contributed by atoms with van der Waals surface area (Å²) in [5, 5.41) is 11.2. The molecule has 2 amide bonds. The van der Waals surface area contributed by atoms with Gasteiger partial charge in [0.05, 0.1) is 11.4 Å². The van der Waals surface area contributed by atoms with Crippen LogP contribution in [0.2, 0.25) is 0 Å². The van der Waals surface area contributed by atoms with Gasteiger partial charge in [0.1, 0.15) is 11.3 Å². The van der Waals surface area contributed by atoms with Crippen molar-refractivity contribution < 1.29 is 14.1 Å². The Bertz CT molecular complexity index is 908. The molecular formula is C21H24N4O3. The van der Waals surface area contributed by atoms with Gasteiger partial charge < -0.3 is 9.84 Å². The molecule has 1 aromatic heterocycles. The molecule has 1 fully saturated rings. The molecule has 28 heavy (non-hydrogen) atoms. The van der Waals surface area contributed by atoms with Gasteiger partial charge in [0.2, 0.25) is 5.91 Å². The van der Waals surface area contributed by atoms with Crippen LogP contribution in [-0.4, -0.2) is 22.7 Å². The number of hydrogen-bond donors (Lipinski definition) is 2. The molecule has 2 heterocycles. The summed E-state index contributed by atoms with van der Waals surface area (Å²) in [5.41, 5.74) is 6.33. The number of amides is 2. The molecule has 0 bridgehead atoms. The highest BCUT2D eigenvalue weighted by Gasteiger charge is 2.27. The summed E-state index contributed by atoms with van der Waals surface area (Å²) in [4.78, 5) is 24.1. The molecule has 146 valence electrons. The van der Waals surface area contributed by atoms with Crippen molar-refractivity contribution in [3.63, 3.8) is 0 Å². The Morgan fingerprint density at radius 1 is 1.14 bits per heavy atom. The molecule has 1 saturated carbocycles. The van der Waals surface area contributed by atoms with Crippen LogP contribution in [-0.2, 0) is 4.79 Å². The predicted molar refractivity (Wildman–Crippen MR) is 105 cm³/mol. The van der Waals surface area contributed by atoms with Crippen LogP contribution in [0.3, 0.4) is 0 Å². The van der Waals surface area contributed by atoms with E-state index >= 15 is 0 Å². The maximum atomic E-state index is 12.9. The van der Waals surface area contributed by atoms with Gasteiger partial charge in [-0.2, -0.15) is 5.10 Å². The third-order valence-corrected chi connectivity index (χ3v) is 5.49. The van der Waals surface area contributed by atoms with E-state index in [0.717, 1.165) is 29.8 Å². The summed E-state index contributed by atoms with van der Waals surface area (Å²) in [6, 6.07) is 7.48. The van der Waals surface area contributed by atoms with Crippen molar-refractivity contribution >= 4 is 23.2 Å². The molecule has 0 spiro atoms. The fraction of sp³-hybridized carbons (Fsp3) is 0.429. The van der Waals surface area contributed by atoms with Gasteiger partial charge in [-0.3, -0.25) is 9.59 Å². The number of nitrogens with zero attached hydrogens (tertiary/aromatic N) is 2. The van der Waals surface area contributed by atoms with E-state index in [2.05, 4.69) is 21.0 Å². The van der Waals surface area contributed by atoms with Crippen LogP contribution >= 0.6 is 0 Å². The van der Waals surface area contributed by atoms with E-state index in [1.807, 2.05) is 24.3 Å². The van der Waals surface area contributed by atoms with E-state index < -0.39 is 0 Å². The Kier molecular flexibility index (Phi) is 5.23. The van der Waals surface area contributed by atoms with Gasteiger partial charge in [-0.15, -0.1) is 0 Å². The van der Waals surface area contributed by atoms with Crippen molar-refractivity contribution in [3.05, 3.63) is 46.8 Å². The molecule has 0 radical (unpaired) electrons. The second kappa shape index (κ2) is 7.96. The van der Waals surface area contributed by atoms with E-state index in [-0.39, 0.29) is 11.8 Å². The number of hydrazone groups is 1. The van der Waals surface area contributed by atoms with Crippen LogP contribution in [0.25, 0.3) is 0 Å². The number of anilines is 1. The Morgan fingerprint density at radius 2 is 1.89 bits per heavy atom. The summed E-state index contributed by atoms with van der Waals surface area (Å²) in [5.74, 6) is 0.607. The minimum Gasteiger partial charge on any atom is -0.361 e. The van der Waals surface area contributed by atoms with E-state index in [1.165, 1.54) is 19.3 Å². The van der Waals surface area contributed by atoms with Crippen LogP contribution < -0.4 is 10.7 Å². The number of aromatic nitrogens is 1. The zero-order valence-electron chi connectivity index (χ0n) is 16.0. The SMILES string of the molecule is Cc1onc(C2CCCCC2)c1C(=O)Nc1ccc(C2=NNC(=O)CC2)cc1. The first-order valence-corrected chi connectivity index (χ1v) is 9.85. The van der Waals surface area contributed by atoms with Crippen molar-refractivity contribution in [1.82, 2.24) is 10.6 Å². The van der Waals surface area contributed by atoms with Crippen molar-refractivity contribution in [1.29, 1.82) is 0 Å². The number of rotatable bonds is 4. The molecule has 1 aliphatic carbocycles. The predicted octanol–water partition coefficient (Wildman–Crippen LogP) is 3.90. The summed E-state index contributed by atoms with van der Waals surface area (Å²) in [6.45, 7) is 1.78. The second-order valence-electron chi connectivity index (χ2n) is 7.46. The number of aryl methyl sites for hydroxylation is 1. The number of benzene rings is 1. The van der Waals surface area contributed by atoms with Gasteiger partial charge in [-0.1, -0.05) is 36.6 Å². The zero-order chi connectivity index (χ0) is 19.5. The molecule has 2 aromatic rings. The van der Waals surface area contributed by atoms with Gasteiger partial charge in [0.15, 0.2) is 0 Å². The third-order valence-electron chi connectivity index (χ3n) is 5.49. The monoisotopic (exact) mass is 380 g/mol. The highest BCUT2D eigenvalue weighted by molar-refractivity contribution is 6.07.